The van der Waals surface area contributed by atoms with Crippen LogP contribution in [0.5, 0.6) is 0 Å². The average molecular weight is 367 g/mol. The predicted octanol–water partition coefficient (Wildman–Crippen LogP) is 3.53. The molecule has 0 spiro atoms. The van der Waals surface area contributed by atoms with Crippen molar-refractivity contribution in [3.63, 3.8) is 0 Å². The molecule has 0 radical (unpaired) electrons. The molecule has 0 aliphatic carbocycles. The molecule has 1 aliphatic heterocycles. The minimum absolute atomic E-state index is 0.300. The Bertz CT molecular complexity index is 888. The number of imide groups is 1. The minimum atomic E-state index is -0.943. The van der Waals surface area contributed by atoms with Gasteiger partial charge in [0.25, 0.3) is 5.91 Å². The van der Waals surface area contributed by atoms with E-state index in [9.17, 15) is 14.4 Å². The highest BCUT2D eigenvalue weighted by atomic mass is 16.2. The summed E-state index contributed by atoms with van der Waals surface area (Å²) >= 11 is 0. The van der Waals surface area contributed by atoms with Crippen LogP contribution in [0.15, 0.2) is 42.5 Å². The van der Waals surface area contributed by atoms with Crippen molar-refractivity contribution in [1.29, 1.82) is 0 Å². The zero-order chi connectivity index (χ0) is 19.6. The number of amides is 4. The molecule has 0 unspecified atom stereocenters. The molecule has 4 amide bonds. The lowest BCUT2D eigenvalue weighted by molar-refractivity contribution is -0.133. The van der Waals surface area contributed by atoms with Gasteiger partial charge in [0.2, 0.25) is 5.91 Å². The Labute approximate surface area is 158 Å². The molecule has 1 fully saturated rings. The molecule has 142 valence electrons. The highest BCUT2D eigenvalue weighted by Gasteiger charge is 2.47. The van der Waals surface area contributed by atoms with Crippen LogP contribution >= 0.6 is 0 Å². The number of nitrogens with zero attached hydrogens (tertiary/aromatic N) is 1. The number of nitrogens with one attached hydrogen (secondary N) is 2. The first-order valence-electron chi connectivity index (χ1n) is 9.22. The van der Waals surface area contributed by atoms with Crippen molar-refractivity contribution in [2.75, 3.05) is 11.9 Å². The third-order valence-corrected chi connectivity index (χ3v) is 4.93. The maximum atomic E-state index is 12.7. The zero-order valence-electron chi connectivity index (χ0n) is 15.9. The second-order valence-electron chi connectivity index (χ2n) is 7.66. The third-order valence-electron chi connectivity index (χ3n) is 4.93. The van der Waals surface area contributed by atoms with Crippen molar-refractivity contribution in [2.45, 2.75) is 39.2 Å². The SMILES string of the molecule is CC(C)CC[C@]1(C)NC(=O)N(CC(=O)Nc2cccc3ccccc23)C1=O. The van der Waals surface area contributed by atoms with Gasteiger partial charge in [-0.05, 0) is 37.1 Å². The number of hydrogen-bond acceptors (Lipinski definition) is 3. The first kappa shape index (κ1) is 18.9. The number of carbonyl (C=O) groups excluding carboxylic acids is 3. The van der Waals surface area contributed by atoms with Gasteiger partial charge in [-0.3, -0.25) is 14.5 Å². The van der Waals surface area contributed by atoms with Crippen molar-refractivity contribution in [2.24, 2.45) is 5.92 Å². The van der Waals surface area contributed by atoms with E-state index in [1.807, 2.05) is 36.4 Å². The minimum Gasteiger partial charge on any atom is -0.324 e. The van der Waals surface area contributed by atoms with E-state index in [1.54, 1.807) is 13.0 Å². The van der Waals surface area contributed by atoms with Crippen molar-refractivity contribution in [3.05, 3.63) is 42.5 Å². The van der Waals surface area contributed by atoms with Gasteiger partial charge in [0, 0.05) is 11.1 Å². The number of anilines is 1. The van der Waals surface area contributed by atoms with Gasteiger partial charge in [0.15, 0.2) is 0 Å². The van der Waals surface area contributed by atoms with Gasteiger partial charge in [0.05, 0.1) is 0 Å². The Morgan fingerprint density at radius 1 is 1.15 bits per heavy atom. The van der Waals surface area contributed by atoms with E-state index in [0.29, 0.717) is 18.0 Å². The van der Waals surface area contributed by atoms with Crippen LogP contribution in [0.1, 0.15) is 33.6 Å². The number of hydrogen-bond donors (Lipinski definition) is 2. The van der Waals surface area contributed by atoms with Crippen LogP contribution in [0.25, 0.3) is 10.8 Å². The van der Waals surface area contributed by atoms with Crippen molar-refractivity contribution >= 4 is 34.3 Å². The summed E-state index contributed by atoms with van der Waals surface area (Å²) in [5.74, 6) is -0.320. The summed E-state index contributed by atoms with van der Waals surface area (Å²) in [6.45, 7) is 5.56. The molecule has 0 aromatic heterocycles. The lowest BCUT2D eigenvalue weighted by atomic mass is 9.92. The Morgan fingerprint density at radius 3 is 2.59 bits per heavy atom. The normalized spacial score (nSPS) is 19.6. The molecule has 3 rings (SSSR count). The Hall–Kier alpha value is -2.89. The molecule has 27 heavy (non-hydrogen) atoms. The van der Waals surface area contributed by atoms with Crippen LogP contribution in [0.4, 0.5) is 10.5 Å². The van der Waals surface area contributed by atoms with Crippen LogP contribution < -0.4 is 10.6 Å². The average Bonchev–Trinajstić information content (AvgIpc) is 2.84. The highest BCUT2D eigenvalue weighted by Crippen LogP contribution is 2.26. The van der Waals surface area contributed by atoms with Crippen molar-refractivity contribution in [3.8, 4) is 0 Å². The van der Waals surface area contributed by atoms with E-state index < -0.39 is 17.5 Å². The third kappa shape index (κ3) is 3.94. The summed E-state index contributed by atoms with van der Waals surface area (Å²) in [6.07, 6.45) is 1.37. The fourth-order valence-corrected chi connectivity index (χ4v) is 3.31. The molecule has 0 bridgehead atoms. The summed E-state index contributed by atoms with van der Waals surface area (Å²) in [4.78, 5) is 38.5. The summed E-state index contributed by atoms with van der Waals surface area (Å²) < 4.78 is 0. The number of carbonyl (C=O) groups is 3. The van der Waals surface area contributed by atoms with E-state index in [1.165, 1.54) is 0 Å². The Morgan fingerprint density at radius 2 is 1.85 bits per heavy atom. The van der Waals surface area contributed by atoms with Crippen LogP contribution in [0.3, 0.4) is 0 Å². The number of fused-ring (bicyclic) bond motifs is 1. The Balaban J connectivity index is 1.70. The van der Waals surface area contributed by atoms with E-state index in [4.69, 9.17) is 0 Å². The van der Waals surface area contributed by atoms with E-state index in [0.717, 1.165) is 22.1 Å². The quantitative estimate of drug-likeness (QED) is 0.767. The van der Waals surface area contributed by atoms with Gasteiger partial charge in [-0.15, -0.1) is 0 Å². The fraction of sp³-hybridized carbons (Fsp3) is 0.381. The molecule has 1 aliphatic rings. The van der Waals surface area contributed by atoms with Crippen LogP contribution in [0.2, 0.25) is 0 Å². The maximum Gasteiger partial charge on any atom is 0.325 e. The second kappa shape index (κ2) is 7.39. The molecular weight excluding hydrogens is 342 g/mol. The largest absolute Gasteiger partial charge is 0.325 e. The summed E-state index contributed by atoms with van der Waals surface area (Å²) in [5, 5.41) is 7.48. The Kier molecular flexibility index (Phi) is 5.17. The smallest absolute Gasteiger partial charge is 0.324 e. The molecule has 2 N–H and O–H groups in total. The van der Waals surface area contributed by atoms with Gasteiger partial charge in [0.1, 0.15) is 12.1 Å². The topological polar surface area (TPSA) is 78.5 Å². The number of rotatable bonds is 6. The summed E-state index contributed by atoms with van der Waals surface area (Å²) in [7, 11) is 0. The van der Waals surface area contributed by atoms with E-state index in [-0.39, 0.29) is 12.5 Å². The summed E-state index contributed by atoms with van der Waals surface area (Å²) in [6, 6.07) is 12.8. The molecule has 1 atom stereocenters. The van der Waals surface area contributed by atoms with Gasteiger partial charge >= 0.3 is 6.03 Å². The van der Waals surface area contributed by atoms with Gasteiger partial charge in [-0.1, -0.05) is 50.2 Å². The lowest BCUT2D eigenvalue weighted by Gasteiger charge is -2.22. The standard InChI is InChI=1S/C21H25N3O3/c1-14(2)11-12-21(3)19(26)24(20(27)23-21)13-18(25)22-17-10-6-8-15-7-4-5-9-16(15)17/h4-10,14H,11-13H2,1-3H3,(H,22,25)(H,23,27)/t21-/m0/s1. The van der Waals surface area contributed by atoms with Gasteiger partial charge < -0.3 is 10.6 Å². The zero-order valence-corrected chi connectivity index (χ0v) is 15.9. The van der Waals surface area contributed by atoms with Gasteiger partial charge in [-0.2, -0.15) is 0 Å². The van der Waals surface area contributed by atoms with Crippen LogP contribution in [-0.2, 0) is 9.59 Å². The molecule has 1 heterocycles. The lowest BCUT2D eigenvalue weighted by Crippen LogP contribution is -2.44. The molecule has 1 saturated heterocycles. The number of benzene rings is 2. The molecule has 0 saturated carbocycles. The molecule has 2 aromatic carbocycles. The fourth-order valence-electron chi connectivity index (χ4n) is 3.31. The number of urea groups is 1. The monoisotopic (exact) mass is 367 g/mol. The highest BCUT2D eigenvalue weighted by molar-refractivity contribution is 6.11. The first-order valence-corrected chi connectivity index (χ1v) is 9.22. The van der Waals surface area contributed by atoms with Crippen LogP contribution in [-0.4, -0.2) is 34.8 Å². The molecular formula is C21H25N3O3. The molecule has 6 nitrogen and oxygen atoms in total. The summed E-state index contributed by atoms with van der Waals surface area (Å²) in [5.41, 5.74) is -0.283. The van der Waals surface area contributed by atoms with Crippen molar-refractivity contribution in [1.82, 2.24) is 10.2 Å². The van der Waals surface area contributed by atoms with E-state index in [2.05, 4.69) is 24.5 Å². The molecule has 2 aromatic rings. The second-order valence-corrected chi connectivity index (χ2v) is 7.66. The van der Waals surface area contributed by atoms with Gasteiger partial charge in [-0.25, -0.2) is 4.79 Å². The van der Waals surface area contributed by atoms with Crippen molar-refractivity contribution < 1.29 is 14.4 Å². The molecule has 6 heteroatoms. The van der Waals surface area contributed by atoms with Crippen LogP contribution in [0, 0.1) is 5.92 Å². The predicted molar refractivity (Wildman–Crippen MR) is 105 cm³/mol. The van der Waals surface area contributed by atoms with E-state index >= 15 is 0 Å². The first-order chi connectivity index (χ1) is 12.8. The maximum absolute atomic E-state index is 12.7.